The summed E-state index contributed by atoms with van der Waals surface area (Å²) in [5.74, 6) is 1.23. The molecule has 10 unspecified atom stereocenters. The zero-order valence-corrected chi connectivity index (χ0v) is 17.0. The molecule has 4 heterocycles. The summed E-state index contributed by atoms with van der Waals surface area (Å²) in [5.41, 5.74) is -0.772. The van der Waals surface area contributed by atoms with E-state index in [1.165, 1.54) is 6.42 Å². The molecule has 2 aliphatic carbocycles. The van der Waals surface area contributed by atoms with E-state index in [1.54, 1.807) is 13.8 Å². The Kier molecular flexibility index (Phi) is 4.10. The van der Waals surface area contributed by atoms with Crippen molar-refractivity contribution in [3.8, 4) is 0 Å². The van der Waals surface area contributed by atoms with Gasteiger partial charge in [-0.15, -0.1) is 0 Å². The number of ether oxygens (including phenoxy) is 3. The molecule has 4 aliphatic heterocycles. The van der Waals surface area contributed by atoms with Crippen molar-refractivity contribution in [2.24, 2.45) is 23.7 Å². The number of nitrogens with one attached hydrogen (secondary N) is 1. The van der Waals surface area contributed by atoms with E-state index < -0.39 is 11.4 Å². The van der Waals surface area contributed by atoms with Crippen LogP contribution in [-0.4, -0.2) is 58.3 Å². The van der Waals surface area contributed by atoms with E-state index in [9.17, 15) is 10.2 Å². The summed E-state index contributed by atoms with van der Waals surface area (Å²) in [4.78, 5) is 0. The summed E-state index contributed by atoms with van der Waals surface area (Å²) < 4.78 is 17.4. The third-order valence-electron chi connectivity index (χ3n) is 7.65. The topological polar surface area (TPSA) is 80.2 Å². The van der Waals surface area contributed by atoms with Crippen LogP contribution in [-0.2, 0) is 14.2 Å². The highest BCUT2D eigenvalue weighted by atomic mass is 16.8. The molecule has 2 bridgehead atoms. The number of hydrogen-bond donors (Lipinski definition) is 3. The Labute approximate surface area is 161 Å². The SMILES string of the molecule is CC(C)(O)C1OC23CC2CCC1O3.CC1CNC2C(C)C3CC3OC2(O)C1. The second-order valence-corrected chi connectivity index (χ2v) is 10.6. The first-order chi connectivity index (χ1) is 12.6. The van der Waals surface area contributed by atoms with Gasteiger partial charge in [0.1, 0.15) is 6.10 Å². The molecule has 6 heteroatoms. The van der Waals surface area contributed by atoms with Crippen LogP contribution in [0, 0.1) is 23.7 Å². The molecule has 0 aromatic rings. The minimum absolute atomic E-state index is 0.124. The van der Waals surface area contributed by atoms with E-state index >= 15 is 0 Å². The fourth-order valence-electron chi connectivity index (χ4n) is 6.00. The average Bonchev–Trinajstić information content (AvgIpc) is 3.42. The molecule has 154 valence electrons. The second kappa shape index (κ2) is 5.89. The fraction of sp³-hybridized carbons (Fsp3) is 1.00. The predicted octanol–water partition coefficient (Wildman–Crippen LogP) is 1.78. The van der Waals surface area contributed by atoms with Crippen molar-refractivity contribution in [2.45, 2.75) is 101 Å². The molecule has 10 atom stereocenters. The second-order valence-electron chi connectivity index (χ2n) is 10.6. The molecular formula is C21H35NO5. The maximum Gasteiger partial charge on any atom is 0.181 e. The molecule has 1 spiro atoms. The zero-order valence-electron chi connectivity index (χ0n) is 17.0. The van der Waals surface area contributed by atoms with Crippen LogP contribution < -0.4 is 5.32 Å². The summed E-state index contributed by atoms with van der Waals surface area (Å²) in [6.45, 7) is 9.02. The van der Waals surface area contributed by atoms with Crippen LogP contribution in [0.3, 0.4) is 0 Å². The van der Waals surface area contributed by atoms with E-state index in [4.69, 9.17) is 14.2 Å². The van der Waals surface area contributed by atoms with Gasteiger partial charge in [-0.05, 0) is 57.4 Å². The highest BCUT2D eigenvalue weighted by Crippen LogP contribution is 2.61. The van der Waals surface area contributed by atoms with E-state index in [1.807, 2.05) is 0 Å². The van der Waals surface area contributed by atoms with Crippen LogP contribution in [0.5, 0.6) is 0 Å². The summed E-state index contributed by atoms with van der Waals surface area (Å²) >= 11 is 0. The average molecular weight is 382 g/mol. The third kappa shape index (κ3) is 3.08. The fourth-order valence-corrected chi connectivity index (χ4v) is 6.00. The Hall–Kier alpha value is -0.240. The molecule has 6 rings (SSSR count). The van der Waals surface area contributed by atoms with Crippen molar-refractivity contribution in [3.05, 3.63) is 0 Å². The van der Waals surface area contributed by atoms with Gasteiger partial charge in [0.15, 0.2) is 11.6 Å². The van der Waals surface area contributed by atoms with Gasteiger partial charge in [-0.25, -0.2) is 0 Å². The summed E-state index contributed by atoms with van der Waals surface area (Å²) in [6.07, 6.45) is 5.57. The maximum atomic E-state index is 10.4. The molecule has 4 saturated heterocycles. The number of piperidine rings is 1. The minimum Gasteiger partial charge on any atom is -0.388 e. The summed E-state index contributed by atoms with van der Waals surface area (Å²) in [5, 5.41) is 23.8. The Bertz CT molecular complexity index is 602. The lowest BCUT2D eigenvalue weighted by Crippen LogP contribution is -2.64. The standard InChI is InChI=1S/C11H19NO2.C10H16O3/c1-6-4-11(13)10(12-5-6)7(2)8-3-9(8)14-11;1-9(2,11)8-7-4-3-6-5-10(6,12-7)13-8/h6-10,12-13H,3-5H2,1-2H3;6-8,11H,3-5H2,1-2H3. The summed E-state index contributed by atoms with van der Waals surface area (Å²) in [6, 6.07) is 0.155. The normalized spacial score (nSPS) is 57.6. The molecule has 3 N–H and O–H groups in total. The number of hydrogen-bond acceptors (Lipinski definition) is 6. The van der Waals surface area contributed by atoms with Gasteiger partial charge in [0.05, 0.1) is 23.9 Å². The van der Waals surface area contributed by atoms with Gasteiger partial charge in [-0.1, -0.05) is 13.8 Å². The Morgan fingerprint density at radius 1 is 1.04 bits per heavy atom. The maximum absolute atomic E-state index is 10.4. The molecule has 6 nitrogen and oxygen atoms in total. The molecule has 27 heavy (non-hydrogen) atoms. The van der Waals surface area contributed by atoms with E-state index in [0.717, 1.165) is 32.2 Å². The van der Waals surface area contributed by atoms with Gasteiger partial charge >= 0.3 is 0 Å². The van der Waals surface area contributed by atoms with Crippen molar-refractivity contribution in [1.82, 2.24) is 5.32 Å². The van der Waals surface area contributed by atoms with Crippen molar-refractivity contribution in [3.63, 3.8) is 0 Å². The van der Waals surface area contributed by atoms with Crippen LogP contribution in [0.25, 0.3) is 0 Å². The van der Waals surface area contributed by atoms with Gasteiger partial charge in [0, 0.05) is 18.8 Å². The molecule has 6 aliphatic rings. The number of fused-ring (bicyclic) bond motifs is 3. The van der Waals surface area contributed by atoms with Gasteiger partial charge < -0.3 is 29.7 Å². The first-order valence-electron chi connectivity index (χ1n) is 10.8. The van der Waals surface area contributed by atoms with Gasteiger partial charge in [-0.3, -0.25) is 0 Å². The lowest BCUT2D eigenvalue weighted by Gasteiger charge is -2.48. The number of aliphatic hydroxyl groups is 2. The molecular weight excluding hydrogens is 346 g/mol. The van der Waals surface area contributed by atoms with E-state index in [0.29, 0.717) is 29.8 Å². The quantitative estimate of drug-likeness (QED) is 0.643. The first-order valence-corrected chi connectivity index (χ1v) is 10.8. The molecule has 6 fully saturated rings. The lowest BCUT2D eigenvalue weighted by molar-refractivity contribution is -0.274. The van der Waals surface area contributed by atoms with Crippen LogP contribution in [0.4, 0.5) is 0 Å². The van der Waals surface area contributed by atoms with Gasteiger partial charge in [0.25, 0.3) is 0 Å². The molecule has 2 saturated carbocycles. The molecule has 0 aromatic carbocycles. The van der Waals surface area contributed by atoms with Crippen molar-refractivity contribution >= 4 is 0 Å². The predicted molar refractivity (Wildman–Crippen MR) is 98.8 cm³/mol. The third-order valence-corrected chi connectivity index (χ3v) is 7.65. The summed E-state index contributed by atoms with van der Waals surface area (Å²) in [7, 11) is 0. The van der Waals surface area contributed by atoms with Crippen molar-refractivity contribution < 1.29 is 24.4 Å². The minimum atomic E-state index is -0.880. The van der Waals surface area contributed by atoms with Crippen LogP contribution in [0.15, 0.2) is 0 Å². The van der Waals surface area contributed by atoms with Crippen LogP contribution >= 0.6 is 0 Å². The highest BCUT2D eigenvalue weighted by Gasteiger charge is 2.68. The molecule has 0 aromatic heterocycles. The molecule has 0 amide bonds. The Morgan fingerprint density at radius 3 is 2.52 bits per heavy atom. The number of rotatable bonds is 1. The highest BCUT2D eigenvalue weighted by molar-refractivity contribution is 5.10. The monoisotopic (exact) mass is 381 g/mol. The molecule has 0 radical (unpaired) electrons. The van der Waals surface area contributed by atoms with Gasteiger partial charge in [0.2, 0.25) is 0 Å². The van der Waals surface area contributed by atoms with Gasteiger partial charge in [-0.2, -0.15) is 0 Å². The zero-order chi connectivity index (χ0) is 19.2. The Balaban J connectivity index is 0.000000119. The van der Waals surface area contributed by atoms with Crippen molar-refractivity contribution in [1.29, 1.82) is 0 Å². The Morgan fingerprint density at radius 2 is 1.81 bits per heavy atom. The first kappa shape index (κ1) is 18.8. The lowest BCUT2D eigenvalue weighted by atomic mass is 9.80. The van der Waals surface area contributed by atoms with Crippen LogP contribution in [0.2, 0.25) is 0 Å². The van der Waals surface area contributed by atoms with E-state index in [-0.39, 0.29) is 24.0 Å². The van der Waals surface area contributed by atoms with Crippen molar-refractivity contribution in [2.75, 3.05) is 6.54 Å². The van der Waals surface area contributed by atoms with E-state index in [2.05, 4.69) is 19.2 Å². The van der Waals surface area contributed by atoms with Crippen LogP contribution in [0.1, 0.15) is 59.8 Å². The smallest absolute Gasteiger partial charge is 0.181 e. The largest absolute Gasteiger partial charge is 0.388 e.